The van der Waals surface area contributed by atoms with Crippen molar-refractivity contribution < 1.29 is 14.3 Å². The highest BCUT2D eigenvalue weighted by atomic mass is 16.5. The second-order valence-corrected chi connectivity index (χ2v) is 7.03. The van der Waals surface area contributed by atoms with E-state index >= 15 is 0 Å². The first-order valence-electron chi connectivity index (χ1n) is 9.33. The monoisotopic (exact) mass is 372 g/mol. The first kappa shape index (κ1) is 19.1. The topological polar surface area (TPSA) is 77.4 Å². The van der Waals surface area contributed by atoms with Crippen LogP contribution < -0.4 is 20.1 Å². The summed E-state index contributed by atoms with van der Waals surface area (Å²) in [6.45, 7) is 9.18. The fourth-order valence-corrected chi connectivity index (χ4v) is 3.46. The number of aromatic nitrogens is 2. The van der Waals surface area contributed by atoms with Gasteiger partial charge in [0.1, 0.15) is 0 Å². The van der Waals surface area contributed by atoms with Gasteiger partial charge >= 0.3 is 6.03 Å². The normalized spacial score (nSPS) is 15.6. The van der Waals surface area contributed by atoms with Crippen LogP contribution in [0.1, 0.15) is 54.9 Å². The van der Waals surface area contributed by atoms with Gasteiger partial charge in [-0.25, -0.2) is 4.79 Å². The molecule has 7 nitrogen and oxygen atoms in total. The van der Waals surface area contributed by atoms with Crippen LogP contribution in [-0.4, -0.2) is 29.0 Å². The number of urea groups is 1. The fraction of sp³-hybridized carbons (Fsp3) is 0.500. The Morgan fingerprint density at radius 2 is 1.78 bits per heavy atom. The first-order chi connectivity index (χ1) is 12.9. The Morgan fingerprint density at radius 3 is 2.44 bits per heavy atom. The zero-order valence-corrected chi connectivity index (χ0v) is 16.6. The summed E-state index contributed by atoms with van der Waals surface area (Å²) in [5.41, 5.74) is 4.00. The Morgan fingerprint density at radius 1 is 1.11 bits per heavy atom. The number of hydrogen-bond donors (Lipinski definition) is 2. The molecular weight excluding hydrogens is 344 g/mol. The summed E-state index contributed by atoms with van der Waals surface area (Å²) in [6.07, 6.45) is 0.866. The van der Waals surface area contributed by atoms with Gasteiger partial charge in [-0.15, -0.1) is 0 Å². The number of hydrogen-bond acceptors (Lipinski definition) is 4. The Hall–Kier alpha value is -2.70. The second kappa shape index (κ2) is 7.90. The smallest absolute Gasteiger partial charge is 0.315 e. The third-order valence-corrected chi connectivity index (χ3v) is 4.96. The van der Waals surface area contributed by atoms with Crippen molar-refractivity contribution in [3.63, 3.8) is 0 Å². The van der Waals surface area contributed by atoms with Gasteiger partial charge in [-0.2, -0.15) is 5.10 Å². The average molecular weight is 372 g/mol. The van der Waals surface area contributed by atoms with Crippen molar-refractivity contribution in [2.75, 3.05) is 13.2 Å². The number of aryl methyl sites for hydroxylation is 2. The van der Waals surface area contributed by atoms with Gasteiger partial charge in [0.25, 0.3) is 0 Å². The molecule has 146 valence electrons. The highest BCUT2D eigenvalue weighted by molar-refractivity contribution is 5.75. The largest absolute Gasteiger partial charge is 0.490 e. The van der Waals surface area contributed by atoms with E-state index in [0.29, 0.717) is 13.2 Å². The van der Waals surface area contributed by atoms with Gasteiger partial charge in [0, 0.05) is 24.7 Å². The molecular formula is C20H28N4O3. The highest BCUT2D eigenvalue weighted by Gasteiger charge is 2.20. The molecule has 0 aliphatic carbocycles. The van der Waals surface area contributed by atoms with Crippen LogP contribution in [0, 0.1) is 13.8 Å². The van der Waals surface area contributed by atoms with Crippen LogP contribution in [0.25, 0.3) is 0 Å². The molecule has 1 aliphatic rings. The van der Waals surface area contributed by atoms with Crippen LogP contribution in [0.3, 0.4) is 0 Å². The molecule has 3 rings (SSSR count). The van der Waals surface area contributed by atoms with Crippen molar-refractivity contribution in [3.05, 3.63) is 40.7 Å². The van der Waals surface area contributed by atoms with E-state index in [-0.39, 0.29) is 18.1 Å². The zero-order chi connectivity index (χ0) is 19.6. The minimum absolute atomic E-state index is 0.130. The molecule has 0 spiro atoms. The van der Waals surface area contributed by atoms with Crippen LogP contribution in [0.2, 0.25) is 0 Å². The highest BCUT2D eigenvalue weighted by Crippen LogP contribution is 2.32. The number of ether oxygens (including phenoxy) is 2. The second-order valence-electron chi connectivity index (χ2n) is 7.03. The van der Waals surface area contributed by atoms with Gasteiger partial charge in [0.2, 0.25) is 0 Å². The van der Waals surface area contributed by atoms with Crippen molar-refractivity contribution in [2.45, 2.75) is 46.2 Å². The minimum Gasteiger partial charge on any atom is -0.490 e. The molecule has 7 heteroatoms. The van der Waals surface area contributed by atoms with E-state index in [4.69, 9.17) is 9.47 Å². The van der Waals surface area contributed by atoms with Gasteiger partial charge in [-0.1, -0.05) is 6.07 Å². The maximum atomic E-state index is 12.5. The minimum atomic E-state index is -0.218. The molecule has 1 aliphatic heterocycles. The van der Waals surface area contributed by atoms with Gasteiger partial charge in [-0.3, -0.25) is 4.68 Å². The average Bonchev–Trinajstić information content (AvgIpc) is 2.78. The summed E-state index contributed by atoms with van der Waals surface area (Å²) < 4.78 is 13.2. The molecule has 1 aromatic carbocycles. The van der Waals surface area contributed by atoms with Gasteiger partial charge in [0.15, 0.2) is 11.5 Å². The van der Waals surface area contributed by atoms with E-state index in [9.17, 15) is 4.79 Å². The van der Waals surface area contributed by atoms with Gasteiger partial charge in [0.05, 0.1) is 31.0 Å². The Bertz CT molecular complexity index is 831. The van der Waals surface area contributed by atoms with Crippen molar-refractivity contribution in [2.24, 2.45) is 7.05 Å². The lowest BCUT2D eigenvalue weighted by Gasteiger charge is -2.20. The first-order valence-corrected chi connectivity index (χ1v) is 9.33. The summed E-state index contributed by atoms with van der Waals surface area (Å²) in [5, 5.41) is 10.4. The molecule has 0 fully saturated rings. The Labute approximate surface area is 160 Å². The van der Waals surface area contributed by atoms with E-state index in [1.165, 1.54) is 0 Å². The van der Waals surface area contributed by atoms with E-state index < -0.39 is 0 Å². The van der Waals surface area contributed by atoms with Gasteiger partial charge < -0.3 is 20.1 Å². The zero-order valence-electron chi connectivity index (χ0n) is 16.6. The van der Waals surface area contributed by atoms with Crippen molar-refractivity contribution in [3.8, 4) is 11.5 Å². The molecule has 0 radical (unpaired) electrons. The lowest BCUT2D eigenvalue weighted by molar-refractivity contribution is 0.235. The van der Waals surface area contributed by atoms with Gasteiger partial charge in [-0.05, 0) is 45.4 Å². The molecule has 1 aromatic heterocycles. The fourth-order valence-electron chi connectivity index (χ4n) is 3.46. The molecule has 0 bridgehead atoms. The van der Waals surface area contributed by atoms with E-state index in [1.54, 1.807) is 0 Å². The SMILES string of the molecule is Cc1nn(C)c(C)c1C(C)NC(=O)NC(C)c1ccc2c(c1)OCCCO2. The van der Waals surface area contributed by atoms with Crippen molar-refractivity contribution >= 4 is 6.03 Å². The number of benzene rings is 1. The molecule has 2 aromatic rings. The Kier molecular flexibility index (Phi) is 5.58. The molecule has 27 heavy (non-hydrogen) atoms. The Balaban J connectivity index is 1.64. The van der Waals surface area contributed by atoms with E-state index in [1.807, 2.05) is 57.6 Å². The number of fused-ring (bicyclic) bond motifs is 1. The summed E-state index contributed by atoms with van der Waals surface area (Å²) in [7, 11) is 1.91. The van der Waals surface area contributed by atoms with Crippen LogP contribution in [-0.2, 0) is 7.05 Å². The number of nitrogens with zero attached hydrogens (tertiary/aromatic N) is 2. The molecule has 2 heterocycles. The number of carbonyl (C=O) groups is 1. The lowest BCUT2D eigenvalue weighted by atomic mass is 10.1. The number of rotatable bonds is 4. The number of nitrogens with one attached hydrogen (secondary N) is 2. The standard InChI is InChI=1S/C20H28N4O3/c1-12(16-7-8-17-18(11-16)27-10-6-9-26-17)21-20(25)22-13(2)19-14(3)23-24(5)15(19)4/h7-8,11-13H,6,9-10H2,1-5H3,(H2,21,22,25). The summed E-state index contributed by atoms with van der Waals surface area (Å²) in [4.78, 5) is 12.5. The third-order valence-electron chi connectivity index (χ3n) is 4.96. The summed E-state index contributed by atoms with van der Waals surface area (Å²) in [6, 6.07) is 5.28. The van der Waals surface area contributed by atoms with Crippen LogP contribution in [0.4, 0.5) is 4.79 Å². The van der Waals surface area contributed by atoms with Crippen molar-refractivity contribution in [1.29, 1.82) is 0 Å². The van der Waals surface area contributed by atoms with Crippen LogP contribution in [0.5, 0.6) is 11.5 Å². The maximum Gasteiger partial charge on any atom is 0.315 e. The molecule has 2 unspecified atom stereocenters. The quantitative estimate of drug-likeness (QED) is 0.863. The molecule has 2 N–H and O–H groups in total. The van der Waals surface area contributed by atoms with E-state index in [0.717, 1.165) is 40.4 Å². The van der Waals surface area contributed by atoms with Crippen LogP contribution >= 0.6 is 0 Å². The molecule has 2 atom stereocenters. The number of carbonyl (C=O) groups excluding carboxylic acids is 1. The summed E-state index contributed by atoms with van der Waals surface area (Å²) in [5.74, 6) is 1.48. The predicted molar refractivity (Wildman–Crippen MR) is 103 cm³/mol. The maximum absolute atomic E-state index is 12.5. The third kappa shape index (κ3) is 4.18. The number of amides is 2. The molecule has 0 saturated carbocycles. The lowest BCUT2D eigenvalue weighted by Crippen LogP contribution is -2.38. The summed E-state index contributed by atoms with van der Waals surface area (Å²) >= 11 is 0. The predicted octanol–water partition coefficient (Wildman–Crippen LogP) is 3.32. The molecule has 0 saturated heterocycles. The van der Waals surface area contributed by atoms with Crippen LogP contribution in [0.15, 0.2) is 18.2 Å². The van der Waals surface area contributed by atoms with Crippen molar-refractivity contribution in [1.82, 2.24) is 20.4 Å². The van der Waals surface area contributed by atoms with E-state index in [2.05, 4.69) is 15.7 Å². The molecule has 2 amide bonds.